The van der Waals surface area contributed by atoms with E-state index in [2.05, 4.69) is 4.98 Å². The molecule has 100 valence electrons. The summed E-state index contributed by atoms with van der Waals surface area (Å²) >= 11 is 6.04. The molecule has 20 heavy (non-hydrogen) atoms. The molecule has 0 aliphatic carbocycles. The molecular formula is C16H12ClNO2. The second-order valence-electron chi connectivity index (χ2n) is 4.37. The summed E-state index contributed by atoms with van der Waals surface area (Å²) in [5.41, 5.74) is 1.56. The number of halogens is 1. The number of nitrogens with zero attached hydrogens (tertiary/aromatic N) is 1. The Balaban J connectivity index is 1.90. The van der Waals surface area contributed by atoms with Crippen LogP contribution in [0.15, 0.2) is 54.7 Å². The molecule has 0 fully saturated rings. The molecule has 1 heterocycles. The van der Waals surface area contributed by atoms with Crippen molar-refractivity contribution in [1.82, 2.24) is 4.98 Å². The molecule has 3 rings (SSSR count). The predicted octanol–water partition coefficient (Wildman–Crippen LogP) is 4.17. The molecule has 3 nitrogen and oxygen atoms in total. The number of aliphatic hydroxyl groups is 1. The van der Waals surface area contributed by atoms with Crippen LogP contribution in [-0.4, -0.2) is 10.1 Å². The fourth-order valence-electron chi connectivity index (χ4n) is 1.97. The van der Waals surface area contributed by atoms with E-state index in [1.54, 1.807) is 24.4 Å². The molecule has 0 amide bonds. The lowest BCUT2D eigenvalue weighted by molar-refractivity contribution is 0.282. The molecule has 0 saturated heterocycles. The summed E-state index contributed by atoms with van der Waals surface area (Å²) in [6, 6.07) is 14.8. The van der Waals surface area contributed by atoms with Gasteiger partial charge in [-0.25, -0.2) is 0 Å². The lowest BCUT2D eigenvalue weighted by atomic mass is 10.2. The molecule has 0 radical (unpaired) electrons. The Kier molecular flexibility index (Phi) is 3.54. The summed E-state index contributed by atoms with van der Waals surface area (Å²) in [7, 11) is 0. The van der Waals surface area contributed by atoms with Crippen molar-refractivity contribution in [2.24, 2.45) is 0 Å². The van der Waals surface area contributed by atoms with Gasteiger partial charge in [0.1, 0.15) is 11.5 Å². The zero-order chi connectivity index (χ0) is 13.9. The van der Waals surface area contributed by atoms with Crippen LogP contribution in [0.5, 0.6) is 11.5 Å². The number of aromatic nitrogens is 1. The SMILES string of the molecule is OCc1ccc(Oc2ccc3cccnc3c2)cc1Cl. The molecule has 1 N–H and O–H groups in total. The number of fused-ring (bicyclic) bond motifs is 1. The molecule has 0 spiro atoms. The Morgan fingerprint density at radius 2 is 1.85 bits per heavy atom. The highest BCUT2D eigenvalue weighted by atomic mass is 35.5. The number of aliphatic hydroxyl groups excluding tert-OH is 1. The van der Waals surface area contributed by atoms with Crippen molar-refractivity contribution in [1.29, 1.82) is 0 Å². The zero-order valence-electron chi connectivity index (χ0n) is 10.6. The van der Waals surface area contributed by atoms with Gasteiger partial charge in [0.2, 0.25) is 0 Å². The fraction of sp³-hybridized carbons (Fsp3) is 0.0625. The minimum absolute atomic E-state index is 0.0843. The quantitative estimate of drug-likeness (QED) is 0.785. The van der Waals surface area contributed by atoms with Gasteiger partial charge in [0, 0.05) is 22.7 Å². The minimum atomic E-state index is -0.0843. The third kappa shape index (κ3) is 2.59. The summed E-state index contributed by atoms with van der Waals surface area (Å²) in [4.78, 5) is 4.29. The number of ether oxygens (including phenoxy) is 1. The van der Waals surface area contributed by atoms with E-state index in [0.717, 1.165) is 10.9 Å². The smallest absolute Gasteiger partial charge is 0.129 e. The molecule has 0 aliphatic rings. The average Bonchev–Trinajstić information content (AvgIpc) is 2.47. The largest absolute Gasteiger partial charge is 0.457 e. The third-order valence-corrected chi connectivity index (χ3v) is 3.36. The second kappa shape index (κ2) is 5.49. The standard InChI is InChI=1S/C16H12ClNO2/c17-15-8-13(6-4-12(15)10-19)20-14-5-3-11-2-1-7-18-16(11)9-14/h1-9,19H,10H2. The van der Waals surface area contributed by atoms with E-state index in [1.807, 2.05) is 30.3 Å². The van der Waals surface area contributed by atoms with E-state index in [1.165, 1.54) is 0 Å². The van der Waals surface area contributed by atoms with Crippen molar-refractivity contribution in [3.05, 3.63) is 65.3 Å². The van der Waals surface area contributed by atoms with Crippen molar-refractivity contribution in [2.75, 3.05) is 0 Å². The Labute approximate surface area is 121 Å². The van der Waals surface area contributed by atoms with Crippen molar-refractivity contribution >= 4 is 22.5 Å². The predicted molar refractivity (Wildman–Crippen MR) is 79.2 cm³/mol. The van der Waals surface area contributed by atoms with E-state index >= 15 is 0 Å². The van der Waals surface area contributed by atoms with E-state index in [9.17, 15) is 0 Å². The summed E-state index contributed by atoms with van der Waals surface area (Å²) in [6.45, 7) is -0.0843. The molecule has 0 saturated carbocycles. The van der Waals surface area contributed by atoms with Gasteiger partial charge in [-0.05, 0) is 35.9 Å². The Morgan fingerprint density at radius 3 is 2.65 bits per heavy atom. The van der Waals surface area contributed by atoms with Crippen LogP contribution >= 0.6 is 11.6 Å². The van der Waals surface area contributed by atoms with Gasteiger partial charge in [-0.1, -0.05) is 23.7 Å². The number of benzene rings is 2. The normalized spacial score (nSPS) is 10.7. The average molecular weight is 286 g/mol. The lowest BCUT2D eigenvalue weighted by Gasteiger charge is -2.08. The lowest BCUT2D eigenvalue weighted by Crippen LogP contribution is -1.88. The van der Waals surface area contributed by atoms with Crippen molar-refractivity contribution in [3.8, 4) is 11.5 Å². The maximum Gasteiger partial charge on any atom is 0.129 e. The van der Waals surface area contributed by atoms with Gasteiger partial charge >= 0.3 is 0 Å². The molecule has 3 aromatic rings. The Morgan fingerprint density at radius 1 is 1.05 bits per heavy atom. The fourth-order valence-corrected chi connectivity index (χ4v) is 2.20. The maximum absolute atomic E-state index is 9.08. The molecule has 1 aromatic heterocycles. The first-order valence-electron chi connectivity index (χ1n) is 6.18. The third-order valence-electron chi connectivity index (χ3n) is 3.01. The highest BCUT2D eigenvalue weighted by Gasteiger charge is 2.04. The molecule has 0 bridgehead atoms. The molecule has 0 unspecified atom stereocenters. The van der Waals surface area contributed by atoms with Crippen LogP contribution in [0.1, 0.15) is 5.56 Å². The number of pyridine rings is 1. The topological polar surface area (TPSA) is 42.4 Å². The molecule has 2 aromatic carbocycles. The van der Waals surface area contributed by atoms with Crippen LogP contribution < -0.4 is 4.74 Å². The van der Waals surface area contributed by atoms with Gasteiger partial charge in [-0.3, -0.25) is 4.98 Å². The van der Waals surface area contributed by atoms with Crippen LogP contribution in [0.4, 0.5) is 0 Å². The first-order valence-corrected chi connectivity index (χ1v) is 6.56. The number of hydrogen-bond acceptors (Lipinski definition) is 3. The number of rotatable bonds is 3. The van der Waals surface area contributed by atoms with Crippen LogP contribution in [0.25, 0.3) is 10.9 Å². The first-order chi connectivity index (χ1) is 9.76. The molecule has 0 aliphatic heterocycles. The van der Waals surface area contributed by atoms with E-state index < -0.39 is 0 Å². The van der Waals surface area contributed by atoms with Crippen molar-refractivity contribution < 1.29 is 9.84 Å². The highest BCUT2D eigenvalue weighted by molar-refractivity contribution is 6.31. The maximum atomic E-state index is 9.08. The van der Waals surface area contributed by atoms with E-state index in [-0.39, 0.29) is 6.61 Å². The van der Waals surface area contributed by atoms with Crippen LogP contribution in [0.3, 0.4) is 0 Å². The highest BCUT2D eigenvalue weighted by Crippen LogP contribution is 2.28. The zero-order valence-corrected chi connectivity index (χ0v) is 11.3. The van der Waals surface area contributed by atoms with Crippen molar-refractivity contribution in [3.63, 3.8) is 0 Å². The summed E-state index contributed by atoms with van der Waals surface area (Å²) in [5, 5.41) is 10.6. The minimum Gasteiger partial charge on any atom is -0.457 e. The second-order valence-corrected chi connectivity index (χ2v) is 4.78. The van der Waals surface area contributed by atoms with E-state index in [4.69, 9.17) is 21.4 Å². The van der Waals surface area contributed by atoms with Gasteiger partial charge in [0.15, 0.2) is 0 Å². The summed E-state index contributed by atoms with van der Waals surface area (Å²) < 4.78 is 5.76. The molecular weight excluding hydrogens is 274 g/mol. The van der Waals surface area contributed by atoms with Gasteiger partial charge in [-0.15, -0.1) is 0 Å². The molecule has 4 heteroatoms. The van der Waals surface area contributed by atoms with E-state index in [0.29, 0.717) is 22.1 Å². The Hall–Kier alpha value is -2.10. The van der Waals surface area contributed by atoms with Crippen LogP contribution in [-0.2, 0) is 6.61 Å². The van der Waals surface area contributed by atoms with Gasteiger partial charge in [0.25, 0.3) is 0 Å². The van der Waals surface area contributed by atoms with Gasteiger partial charge < -0.3 is 9.84 Å². The summed E-state index contributed by atoms with van der Waals surface area (Å²) in [6.07, 6.45) is 1.75. The van der Waals surface area contributed by atoms with Crippen LogP contribution in [0, 0.1) is 0 Å². The summed E-state index contributed by atoms with van der Waals surface area (Å²) in [5.74, 6) is 1.33. The number of hydrogen-bond donors (Lipinski definition) is 1. The van der Waals surface area contributed by atoms with Crippen LogP contribution in [0.2, 0.25) is 5.02 Å². The first kappa shape index (κ1) is 12.9. The van der Waals surface area contributed by atoms with Gasteiger partial charge in [-0.2, -0.15) is 0 Å². The Bertz CT molecular complexity index is 758. The molecule has 0 atom stereocenters. The van der Waals surface area contributed by atoms with Gasteiger partial charge in [0.05, 0.1) is 12.1 Å². The monoisotopic (exact) mass is 285 g/mol. The van der Waals surface area contributed by atoms with Crippen molar-refractivity contribution in [2.45, 2.75) is 6.61 Å².